The lowest BCUT2D eigenvalue weighted by Crippen LogP contribution is -2.53. The first-order chi connectivity index (χ1) is 12.9. The Kier molecular flexibility index (Phi) is 8.27. The fraction of sp³-hybridized carbons (Fsp3) is 0.889. The largest absolute Gasteiger partial charge is 0.457 e. The standard InChI is InChI=1S/C18H28Cl3NO6/c1-8-6-24-16(14(9(8)2)26-12(5)23)27-13-7-25-15(11(4)10(13)3)28-17(22)18(19,20)21/h8-11,13-16,22H,6-7H2,1-5H3/t8-,9+,10-,11?,13-,14?,15-,16+/m1/s1. The van der Waals surface area contributed by atoms with Crippen molar-refractivity contribution in [1.82, 2.24) is 0 Å². The van der Waals surface area contributed by atoms with Gasteiger partial charge in [-0.1, -0.05) is 62.5 Å². The number of alkyl halides is 3. The minimum atomic E-state index is -1.94. The smallest absolute Gasteiger partial charge is 0.303 e. The van der Waals surface area contributed by atoms with E-state index < -0.39 is 28.4 Å². The van der Waals surface area contributed by atoms with Gasteiger partial charge >= 0.3 is 5.97 Å². The molecular weight excluding hydrogens is 433 g/mol. The third-order valence-corrected chi connectivity index (χ3v) is 6.09. The number of hydrogen-bond acceptors (Lipinski definition) is 7. The van der Waals surface area contributed by atoms with Crippen molar-refractivity contribution in [1.29, 1.82) is 5.41 Å². The maximum Gasteiger partial charge on any atom is 0.303 e. The highest BCUT2D eigenvalue weighted by molar-refractivity contribution is 6.76. The van der Waals surface area contributed by atoms with Gasteiger partial charge in [0, 0.05) is 18.8 Å². The van der Waals surface area contributed by atoms with E-state index >= 15 is 0 Å². The predicted octanol–water partition coefficient (Wildman–Crippen LogP) is 3.92. The number of nitrogens with one attached hydrogen (secondary N) is 1. The van der Waals surface area contributed by atoms with Crippen LogP contribution in [0, 0.1) is 29.1 Å². The number of hydrogen-bond donors (Lipinski definition) is 1. The van der Waals surface area contributed by atoms with Crippen LogP contribution >= 0.6 is 34.8 Å². The zero-order valence-electron chi connectivity index (χ0n) is 16.6. The molecule has 7 nitrogen and oxygen atoms in total. The number of halogens is 3. The van der Waals surface area contributed by atoms with Gasteiger partial charge < -0.3 is 23.7 Å². The molecule has 0 radical (unpaired) electrons. The van der Waals surface area contributed by atoms with Crippen LogP contribution in [-0.4, -0.2) is 53.7 Å². The van der Waals surface area contributed by atoms with Crippen molar-refractivity contribution in [3.8, 4) is 0 Å². The average molecular weight is 461 g/mol. The van der Waals surface area contributed by atoms with Crippen LogP contribution in [0.2, 0.25) is 0 Å². The van der Waals surface area contributed by atoms with Crippen LogP contribution in [0.15, 0.2) is 0 Å². The highest BCUT2D eigenvalue weighted by Crippen LogP contribution is 2.36. The van der Waals surface area contributed by atoms with Crippen molar-refractivity contribution < 1.29 is 28.5 Å². The molecule has 0 aromatic heterocycles. The van der Waals surface area contributed by atoms with Crippen LogP contribution < -0.4 is 0 Å². The minimum Gasteiger partial charge on any atom is -0.457 e. The van der Waals surface area contributed by atoms with Gasteiger partial charge in [0.05, 0.1) is 19.3 Å². The van der Waals surface area contributed by atoms with Crippen molar-refractivity contribution in [2.75, 3.05) is 13.2 Å². The average Bonchev–Trinajstić information content (AvgIpc) is 2.59. The third kappa shape index (κ3) is 5.86. The molecule has 0 amide bonds. The van der Waals surface area contributed by atoms with Gasteiger partial charge in [0.15, 0.2) is 12.4 Å². The monoisotopic (exact) mass is 459 g/mol. The van der Waals surface area contributed by atoms with Crippen LogP contribution in [-0.2, 0) is 28.5 Å². The summed E-state index contributed by atoms with van der Waals surface area (Å²) in [5.74, 6) is -0.663. The Hall–Kier alpha value is -0.310. The first-order valence-corrected chi connectivity index (χ1v) is 10.4. The van der Waals surface area contributed by atoms with E-state index in [4.69, 9.17) is 63.9 Å². The summed E-state index contributed by atoms with van der Waals surface area (Å²) in [5.41, 5.74) is 0. The van der Waals surface area contributed by atoms with Gasteiger partial charge in [-0.15, -0.1) is 0 Å². The van der Waals surface area contributed by atoms with E-state index in [9.17, 15) is 4.79 Å². The minimum absolute atomic E-state index is 0.00170. The van der Waals surface area contributed by atoms with Crippen LogP contribution in [0.5, 0.6) is 0 Å². The number of esters is 1. The number of carbonyl (C=O) groups is 1. The summed E-state index contributed by atoms with van der Waals surface area (Å²) < 4.78 is 26.6. The first-order valence-electron chi connectivity index (χ1n) is 9.30. The Labute approximate surface area is 180 Å². The van der Waals surface area contributed by atoms with E-state index in [0.29, 0.717) is 6.61 Å². The van der Waals surface area contributed by atoms with E-state index in [1.165, 1.54) is 6.92 Å². The Morgan fingerprint density at radius 3 is 2.14 bits per heavy atom. The Morgan fingerprint density at radius 2 is 1.57 bits per heavy atom. The van der Waals surface area contributed by atoms with Crippen LogP contribution in [0.4, 0.5) is 0 Å². The Balaban J connectivity index is 2.01. The second-order valence-corrected chi connectivity index (χ2v) is 9.93. The first kappa shape index (κ1) is 24.0. The molecule has 0 aromatic carbocycles. The molecule has 0 spiro atoms. The molecule has 162 valence electrons. The van der Waals surface area contributed by atoms with Gasteiger partial charge in [0.2, 0.25) is 12.2 Å². The summed E-state index contributed by atoms with van der Waals surface area (Å²) in [5, 5.41) is 7.72. The van der Waals surface area contributed by atoms with Gasteiger partial charge in [-0.3, -0.25) is 10.2 Å². The molecule has 0 saturated carbocycles. The lowest BCUT2D eigenvalue weighted by molar-refractivity contribution is -0.296. The topological polar surface area (TPSA) is 87.1 Å². The molecule has 28 heavy (non-hydrogen) atoms. The molecule has 2 fully saturated rings. The molecule has 2 rings (SSSR count). The second-order valence-electron chi connectivity index (χ2n) is 7.65. The maximum atomic E-state index is 11.5. The third-order valence-electron chi connectivity index (χ3n) is 5.58. The fourth-order valence-corrected chi connectivity index (χ4v) is 3.41. The van der Waals surface area contributed by atoms with E-state index in [1.54, 1.807) is 0 Å². The maximum absolute atomic E-state index is 11.5. The molecule has 1 N–H and O–H groups in total. The molecule has 2 unspecified atom stereocenters. The van der Waals surface area contributed by atoms with Gasteiger partial charge in [-0.2, -0.15) is 0 Å². The van der Waals surface area contributed by atoms with Gasteiger partial charge in [-0.25, -0.2) is 0 Å². The van der Waals surface area contributed by atoms with E-state index in [0.717, 1.165) is 0 Å². The van der Waals surface area contributed by atoms with Crippen molar-refractivity contribution in [2.24, 2.45) is 23.7 Å². The second kappa shape index (κ2) is 9.67. The molecule has 0 aromatic rings. The van der Waals surface area contributed by atoms with Gasteiger partial charge in [0.25, 0.3) is 3.79 Å². The highest BCUT2D eigenvalue weighted by Gasteiger charge is 2.45. The lowest BCUT2D eigenvalue weighted by atomic mass is 9.87. The van der Waals surface area contributed by atoms with Crippen molar-refractivity contribution in [3.05, 3.63) is 0 Å². The molecule has 0 aliphatic carbocycles. The fourth-order valence-electron chi connectivity index (χ4n) is 3.28. The van der Waals surface area contributed by atoms with Crippen molar-refractivity contribution in [3.63, 3.8) is 0 Å². The summed E-state index contributed by atoms with van der Waals surface area (Å²) in [7, 11) is 0. The Bertz CT molecular complexity index is 572. The molecule has 2 saturated heterocycles. The summed E-state index contributed by atoms with van der Waals surface area (Å²) in [6.45, 7) is 10.1. The molecular formula is C18H28Cl3NO6. The summed E-state index contributed by atoms with van der Waals surface area (Å²) in [6, 6.07) is 0. The van der Waals surface area contributed by atoms with Crippen LogP contribution in [0.25, 0.3) is 0 Å². The van der Waals surface area contributed by atoms with Crippen molar-refractivity contribution >= 4 is 46.7 Å². The summed E-state index contributed by atoms with van der Waals surface area (Å²) >= 11 is 17.0. The summed E-state index contributed by atoms with van der Waals surface area (Å²) in [4.78, 5) is 11.5. The number of carbonyl (C=O) groups excluding carboxylic acids is 1. The quantitative estimate of drug-likeness (QED) is 0.296. The molecule has 2 aliphatic rings. The predicted molar refractivity (Wildman–Crippen MR) is 106 cm³/mol. The lowest BCUT2D eigenvalue weighted by Gasteiger charge is -2.44. The SMILES string of the molecule is CC(=O)OC1[C@H](O[C@@H]2CO[C@H](OC(=N)C(Cl)(Cl)Cl)C(C)[C@H]2C)OC[C@@H](C)[C@@H]1C. The molecule has 2 heterocycles. The van der Waals surface area contributed by atoms with E-state index in [2.05, 4.69) is 0 Å². The zero-order chi connectivity index (χ0) is 21.2. The molecule has 10 heteroatoms. The van der Waals surface area contributed by atoms with Gasteiger partial charge in [0.1, 0.15) is 0 Å². The molecule has 0 bridgehead atoms. The van der Waals surface area contributed by atoms with Gasteiger partial charge in [-0.05, 0) is 11.8 Å². The van der Waals surface area contributed by atoms with E-state index in [-0.39, 0.29) is 42.4 Å². The summed E-state index contributed by atoms with van der Waals surface area (Å²) in [6.07, 6.45) is -2.19. The molecule has 8 atom stereocenters. The van der Waals surface area contributed by atoms with Crippen LogP contribution in [0.1, 0.15) is 34.6 Å². The number of ether oxygens (including phenoxy) is 5. The van der Waals surface area contributed by atoms with E-state index in [1.807, 2.05) is 27.7 Å². The van der Waals surface area contributed by atoms with Crippen molar-refractivity contribution in [2.45, 2.75) is 63.2 Å². The Morgan fingerprint density at radius 1 is 0.964 bits per heavy atom. The zero-order valence-corrected chi connectivity index (χ0v) is 18.9. The highest BCUT2D eigenvalue weighted by atomic mass is 35.6. The molecule has 2 aliphatic heterocycles. The normalized spacial score (nSPS) is 39.3. The number of rotatable bonds is 4. The van der Waals surface area contributed by atoms with Crippen LogP contribution in [0.3, 0.4) is 0 Å².